The van der Waals surface area contributed by atoms with E-state index in [4.69, 9.17) is 37.9 Å². The molecule has 10 saturated heterocycles. The Kier molecular flexibility index (Phi) is 195. The maximum atomic E-state index is 5.30. The summed E-state index contributed by atoms with van der Waals surface area (Å²) in [5, 5.41) is 22.8. The summed E-state index contributed by atoms with van der Waals surface area (Å²) < 4.78 is 40.6. The Hall–Kier alpha value is -1.78. The van der Waals surface area contributed by atoms with E-state index in [1.807, 2.05) is 214 Å². The van der Waals surface area contributed by atoms with Crippen LogP contribution in [-0.2, 0) is 41.3 Å². The predicted molar refractivity (Wildman–Crippen MR) is 522 cm³/mol. The van der Waals surface area contributed by atoms with Gasteiger partial charge in [0.25, 0.3) is 0 Å². The van der Waals surface area contributed by atoms with E-state index < -0.39 is 0 Å². The number of para-hydroxylation sites is 2. The minimum atomic E-state index is 0. The molecule has 7 N–H and O–H groups in total. The molecule has 2 atom stereocenters. The highest BCUT2D eigenvalue weighted by atomic mass is 32.2. The zero-order valence-corrected chi connectivity index (χ0v) is 77.1. The van der Waals surface area contributed by atoms with E-state index >= 15 is 0 Å². The smallest absolute Gasteiger partial charge is 0.161 e. The summed E-state index contributed by atoms with van der Waals surface area (Å²) in [5.74, 6) is 8.73. The topological polar surface area (TPSA) is 158 Å². The molecule has 0 bridgehead atoms. The van der Waals surface area contributed by atoms with Crippen LogP contribution in [0.2, 0.25) is 0 Å². The summed E-state index contributed by atoms with van der Waals surface area (Å²) in [7, 11) is 0. The van der Waals surface area contributed by atoms with E-state index in [1.54, 1.807) is 11.1 Å². The lowest BCUT2D eigenvalue weighted by Crippen LogP contribution is -2.39. The van der Waals surface area contributed by atoms with Crippen LogP contribution in [0.4, 0.5) is 0 Å². The molecule has 690 valence electrons. The molecule has 17 heteroatoms. The molecule has 2 unspecified atom stereocenters. The minimum absolute atomic E-state index is 0. The molecule has 15 rings (SSSR count). The SMILES string of the molecule is C.C.C.C.C.C.C1CCCNCC1.C1CCCOCC1.C1CCNCC1.C1CCOCC1.C1CNCCN1.C1COCCN1.C1COCOC1.C1COCSC1.C1CSCCN1.C1NCC2CC12.CC.CC.CC.CC.CC.CC.CC.CC.CC.CC.CC.CC.c1ccc2c(c1)CCCC2.c1ccc2c(c1)OCCO2. The Bertz CT molecular complexity index is 1290. The van der Waals surface area contributed by atoms with E-state index in [-0.39, 0.29) is 44.6 Å². The highest BCUT2D eigenvalue weighted by Gasteiger charge is 2.40. The maximum absolute atomic E-state index is 5.30. The molecule has 0 spiro atoms. The average molecular weight is 1650 g/mol. The standard InChI is InChI=1S/C10H12.C8H8O2.C6H13N.C6H12O.C5H9N.C5H11N.C5H10O.C4H10N2.C4H9NO.C4H9NS.C4H8O2.C4H8OS.12C2H6.6CH4/c1-2-6-10-8-4-3-7-9(10)5-1;1-2-4-8-7(3-1)9-5-6-10-8;2*1-2-4-6-7-5-3-1;1-4-2-6-3-5(1)4;2*1-2-4-6-5-3-1;1-2-6-4-3-5-1;2*1-3-6-4-2-5-1;2*1-2-5-4-6-3-1;12*1-2;;;;;;/h1-2,5-6H,3-4,7-8H2;1-4H,5-6H2;7H,1-6H2;1-6H2;4-6H,1-3H2;6H,1-5H2;1-5H2;5-6H,1-4H2;2*5H,1-4H2;2*1-4H2;12*1-2H3;6*1H4. The Morgan fingerprint density at radius 1 is 0.250 bits per heavy atom. The monoisotopic (exact) mass is 1650 g/mol. The number of hydrogen-bond acceptors (Lipinski definition) is 17. The van der Waals surface area contributed by atoms with Gasteiger partial charge in [-0.2, -0.15) is 11.8 Å². The van der Waals surface area contributed by atoms with Crippen LogP contribution in [0.15, 0.2) is 48.5 Å². The van der Waals surface area contributed by atoms with Gasteiger partial charge in [0.15, 0.2) is 11.5 Å². The molecule has 0 amide bonds. The normalized spacial score (nSPS) is 18.2. The van der Waals surface area contributed by atoms with Crippen LogP contribution in [-0.4, -0.2) is 194 Å². The second-order valence-electron chi connectivity index (χ2n) is 22.0. The third-order valence-electron chi connectivity index (χ3n) is 14.8. The molecule has 11 fully saturated rings. The Morgan fingerprint density at radius 3 is 0.768 bits per heavy atom. The third kappa shape index (κ3) is 119. The Labute approximate surface area is 717 Å². The molecular weight excluding hydrogens is 1430 g/mol. The first-order valence-electron chi connectivity index (χ1n) is 44.9. The van der Waals surface area contributed by atoms with E-state index in [2.05, 4.69) is 61.5 Å². The van der Waals surface area contributed by atoms with Crippen molar-refractivity contribution in [3.63, 3.8) is 0 Å². The minimum Gasteiger partial charge on any atom is -0.486 e. The molecule has 2 aromatic rings. The van der Waals surface area contributed by atoms with Gasteiger partial charge < -0.3 is 75.1 Å². The Morgan fingerprint density at radius 2 is 0.554 bits per heavy atom. The van der Waals surface area contributed by atoms with Crippen LogP contribution in [0.25, 0.3) is 0 Å². The predicted octanol–water partition coefficient (Wildman–Crippen LogP) is 25.6. The number of nitrogens with one attached hydrogen (secondary N) is 7. The second-order valence-corrected chi connectivity index (χ2v) is 24.3. The first kappa shape index (κ1) is 145. The van der Waals surface area contributed by atoms with Crippen molar-refractivity contribution in [3.8, 4) is 11.5 Å². The summed E-state index contributed by atoms with van der Waals surface area (Å²) in [6.07, 6.45) is 28.3. The van der Waals surface area contributed by atoms with Crippen LogP contribution >= 0.6 is 23.5 Å². The molecule has 11 heterocycles. The van der Waals surface area contributed by atoms with Crippen molar-refractivity contribution in [2.45, 2.75) is 346 Å². The second kappa shape index (κ2) is 150. The largest absolute Gasteiger partial charge is 0.486 e. The first-order chi connectivity index (χ1) is 52.9. The van der Waals surface area contributed by atoms with Crippen molar-refractivity contribution in [2.75, 3.05) is 194 Å². The number of benzene rings is 2. The highest BCUT2D eigenvalue weighted by molar-refractivity contribution is 7.99. The van der Waals surface area contributed by atoms with Crippen LogP contribution in [0.3, 0.4) is 0 Å². The molecule has 13 aliphatic rings. The lowest BCUT2D eigenvalue weighted by Gasteiger charge is -2.17. The first-order valence-corrected chi connectivity index (χ1v) is 47.2. The molecule has 1 saturated carbocycles. The molecule has 15 nitrogen and oxygen atoms in total. The van der Waals surface area contributed by atoms with Crippen LogP contribution in [0, 0.1) is 11.8 Å². The van der Waals surface area contributed by atoms with Gasteiger partial charge in [0.1, 0.15) is 20.0 Å². The van der Waals surface area contributed by atoms with Gasteiger partial charge in [0, 0.05) is 96.9 Å². The van der Waals surface area contributed by atoms with Gasteiger partial charge in [0.05, 0.1) is 32.4 Å². The van der Waals surface area contributed by atoms with Crippen LogP contribution in [0.5, 0.6) is 11.5 Å². The van der Waals surface area contributed by atoms with Crippen LogP contribution < -0.4 is 46.7 Å². The summed E-state index contributed by atoms with van der Waals surface area (Å²) in [4.78, 5) is 0. The van der Waals surface area contributed by atoms with Gasteiger partial charge in [-0.3, -0.25) is 0 Å². The summed E-state index contributed by atoms with van der Waals surface area (Å²) in [6.45, 7) is 75.0. The van der Waals surface area contributed by atoms with Gasteiger partial charge in [-0.25, -0.2) is 0 Å². The van der Waals surface area contributed by atoms with E-state index in [9.17, 15) is 0 Å². The van der Waals surface area contributed by atoms with Crippen molar-refractivity contribution < 1.29 is 37.9 Å². The van der Waals surface area contributed by atoms with Crippen molar-refractivity contribution in [1.82, 2.24) is 37.2 Å². The van der Waals surface area contributed by atoms with E-state index in [0.717, 1.165) is 134 Å². The van der Waals surface area contributed by atoms with Crippen molar-refractivity contribution >= 4 is 23.5 Å². The fourth-order valence-corrected chi connectivity index (χ4v) is 11.2. The van der Waals surface area contributed by atoms with Crippen molar-refractivity contribution in [1.29, 1.82) is 0 Å². The van der Waals surface area contributed by atoms with Gasteiger partial charge in [0.2, 0.25) is 0 Å². The van der Waals surface area contributed by atoms with Gasteiger partial charge >= 0.3 is 0 Å². The fourth-order valence-electron chi connectivity index (χ4n) is 9.78. The van der Waals surface area contributed by atoms with Crippen molar-refractivity contribution in [3.05, 3.63) is 59.7 Å². The van der Waals surface area contributed by atoms with E-state index in [1.165, 1.54) is 198 Å². The molecule has 112 heavy (non-hydrogen) atoms. The number of piperazine rings is 1. The average Bonchev–Trinajstić information content (AvgIpc) is 1.67. The zero-order chi connectivity index (χ0) is 81.2. The lowest BCUT2D eigenvalue weighted by atomic mass is 9.92. The zero-order valence-electron chi connectivity index (χ0n) is 75.4. The summed E-state index contributed by atoms with van der Waals surface area (Å²) in [6, 6.07) is 16.5. The summed E-state index contributed by atoms with van der Waals surface area (Å²) >= 11 is 3.91. The molecular formula is C95H215N7O8S2. The molecule has 11 aliphatic heterocycles. The van der Waals surface area contributed by atoms with Gasteiger partial charge in [-0.1, -0.05) is 279 Å². The summed E-state index contributed by atoms with van der Waals surface area (Å²) in [5.41, 5.74) is 3.16. The van der Waals surface area contributed by atoms with Gasteiger partial charge in [-0.15, -0.1) is 11.8 Å². The number of thioether (sulfide) groups is 2. The van der Waals surface area contributed by atoms with Gasteiger partial charge in [-0.05, 0) is 183 Å². The van der Waals surface area contributed by atoms with E-state index in [0.29, 0.717) is 20.0 Å². The molecule has 2 aromatic carbocycles. The number of ether oxygens (including phenoxy) is 8. The number of hydrogen-bond donors (Lipinski definition) is 7. The molecule has 0 aromatic heterocycles. The number of rotatable bonds is 0. The molecule has 0 radical (unpaired) electrons. The highest BCUT2D eigenvalue weighted by Crippen LogP contribution is 2.40. The van der Waals surface area contributed by atoms with Crippen molar-refractivity contribution in [2.24, 2.45) is 11.8 Å². The quantitative estimate of drug-likeness (QED) is 0.133. The number of fused-ring (bicyclic) bond motifs is 3. The fraction of sp³-hybridized carbons (Fsp3) is 0.874. The number of aryl methyl sites for hydroxylation is 2. The van der Waals surface area contributed by atoms with Crippen LogP contribution in [0.1, 0.15) is 344 Å². The number of piperidine rings is 2. The Balaban J connectivity index is -0.0000000687. The molecule has 2 aliphatic carbocycles. The third-order valence-corrected chi connectivity index (χ3v) is 16.7. The maximum Gasteiger partial charge on any atom is 0.161 e. The number of morpholine rings is 1. The lowest BCUT2D eigenvalue weighted by molar-refractivity contribution is -0.0963.